The number of hydrogen-bond donors (Lipinski definition) is 1. The van der Waals surface area contributed by atoms with Crippen molar-refractivity contribution in [2.75, 3.05) is 7.11 Å². The molecule has 5 nitrogen and oxygen atoms in total. The van der Waals surface area contributed by atoms with E-state index in [-0.39, 0.29) is 0 Å². The normalized spacial score (nSPS) is 11.2. The van der Waals surface area contributed by atoms with Crippen LogP contribution in [0.2, 0.25) is 0 Å². The van der Waals surface area contributed by atoms with Crippen LogP contribution in [-0.4, -0.2) is 23.0 Å². The van der Waals surface area contributed by atoms with Crippen molar-refractivity contribution in [3.8, 4) is 11.6 Å². The van der Waals surface area contributed by atoms with Gasteiger partial charge in [0.05, 0.1) is 18.4 Å². The van der Waals surface area contributed by atoms with Crippen LogP contribution in [-0.2, 0) is 6.61 Å². The predicted octanol–water partition coefficient (Wildman–Crippen LogP) is 2.87. The Bertz CT molecular complexity index is 594. The second kappa shape index (κ2) is 6.56. The number of benzene rings is 1. The Kier molecular flexibility index (Phi) is 4.55. The Morgan fingerprint density at radius 1 is 1.25 bits per heavy atom. The van der Waals surface area contributed by atoms with Crippen LogP contribution in [0.5, 0.6) is 11.6 Å². The van der Waals surface area contributed by atoms with Crippen molar-refractivity contribution in [3.63, 3.8) is 0 Å². The predicted molar refractivity (Wildman–Crippen MR) is 75.6 cm³/mol. The molecule has 1 aromatic heterocycles. The van der Waals surface area contributed by atoms with Gasteiger partial charge in [0.15, 0.2) is 0 Å². The number of oxime groups is 1. The summed E-state index contributed by atoms with van der Waals surface area (Å²) in [5, 5.41) is 11.9. The van der Waals surface area contributed by atoms with Crippen LogP contribution in [0, 0.1) is 0 Å². The van der Waals surface area contributed by atoms with E-state index in [1.165, 1.54) is 0 Å². The Hall–Kier alpha value is -2.56. The molecule has 2 aromatic rings. The zero-order valence-electron chi connectivity index (χ0n) is 11.4. The third-order valence-corrected chi connectivity index (χ3v) is 2.86. The van der Waals surface area contributed by atoms with Gasteiger partial charge >= 0.3 is 0 Å². The zero-order chi connectivity index (χ0) is 14.4. The second-order valence-electron chi connectivity index (χ2n) is 4.17. The molecule has 5 heteroatoms. The number of methoxy groups -OCH3 is 1. The highest BCUT2D eigenvalue weighted by atomic mass is 16.5. The summed E-state index contributed by atoms with van der Waals surface area (Å²) in [6, 6.07) is 11.1. The average Bonchev–Trinajstić information content (AvgIpc) is 2.53. The molecule has 0 bridgehead atoms. The van der Waals surface area contributed by atoms with E-state index in [2.05, 4.69) is 10.1 Å². The number of nitrogens with zero attached hydrogens (tertiary/aromatic N) is 2. The molecule has 0 saturated carbocycles. The summed E-state index contributed by atoms with van der Waals surface area (Å²) in [5.41, 5.74) is 2.29. The lowest BCUT2D eigenvalue weighted by atomic mass is 10.1. The van der Waals surface area contributed by atoms with Crippen molar-refractivity contribution in [3.05, 3.63) is 53.7 Å². The molecule has 0 amide bonds. The minimum atomic E-state index is 0.378. The van der Waals surface area contributed by atoms with Crippen LogP contribution in [0.3, 0.4) is 0 Å². The van der Waals surface area contributed by atoms with Gasteiger partial charge in [-0.1, -0.05) is 5.16 Å². The van der Waals surface area contributed by atoms with Gasteiger partial charge in [-0.05, 0) is 48.9 Å². The Balaban J connectivity index is 2.04. The summed E-state index contributed by atoms with van der Waals surface area (Å²) >= 11 is 0. The lowest BCUT2D eigenvalue weighted by Gasteiger charge is -2.09. The smallest absolute Gasteiger partial charge is 0.219 e. The first-order valence-corrected chi connectivity index (χ1v) is 6.14. The maximum Gasteiger partial charge on any atom is 0.219 e. The molecule has 1 heterocycles. The summed E-state index contributed by atoms with van der Waals surface area (Å²) in [6.45, 7) is 2.11. The van der Waals surface area contributed by atoms with Gasteiger partial charge in [-0.25, -0.2) is 4.98 Å². The summed E-state index contributed by atoms with van der Waals surface area (Å²) in [4.78, 5) is 4.11. The number of hydrogen-bond acceptors (Lipinski definition) is 5. The molecule has 0 aliphatic carbocycles. The number of aromatic nitrogens is 1. The van der Waals surface area contributed by atoms with E-state index < -0.39 is 0 Å². The number of pyridine rings is 1. The van der Waals surface area contributed by atoms with Gasteiger partial charge in [-0.2, -0.15) is 0 Å². The standard InChI is InChI=1S/C15H16N2O3/c1-11(17-18)12-5-7-14(8-6-12)20-10-13-4-3-9-16-15(13)19-2/h3-9,18H,10H2,1-2H3/b17-11+. The monoisotopic (exact) mass is 272 g/mol. The van der Waals surface area contributed by atoms with Gasteiger partial charge in [0.1, 0.15) is 12.4 Å². The third kappa shape index (κ3) is 3.26. The lowest BCUT2D eigenvalue weighted by molar-refractivity contribution is 0.294. The first-order chi connectivity index (χ1) is 9.74. The molecular formula is C15H16N2O3. The first kappa shape index (κ1) is 13.9. The third-order valence-electron chi connectivity index (χ3n) is 2.86. The van der Waals surface area contributed by atoms with E-state index in [9.17, 15) is 0 Å². The molecule has 20 heavy (non-hydrogen) atoms. The van der Waals surface area contributed by atoms with Gasteiger partial charge in [0, 0.05) is 6.20 Å². The van der Waals surface area contributed by atoms with Crippen LogP contribution in [0.1, 0.15) is 18.1 Å². The quantitative estimate of drug-likeness (QED) is 0.516. The summed E-state index contributed by atoms with van der Waals surface area (Å²) in [6.07, 6.45) is 1.67. The largest absolute Gasteiger partial charge is 0.489 e. The van der Waals surface area contributed by atoms with E-state index >= 15 is 0 Å². The van der Waals surface area contributed by atoms with Gasteiger partial charge in [-0.3, -0.25) is 0 Å². The number of ether oxygens (including phenoxy) is 2. The van der Waals surface area contributed by atoms with Crippen LogP contribution in [0.15, 0.2) is 47.8 Å². The molecule has 0 aliphatic heterocycles. The molecule has 104 valence electrons. The van der Waals surface area contributed by atoms with E-state index in [4.69, 9.17) is 14.7 Å². The SMILES string of the molecule is COc1ncccc1COc1ccc(/C(C)=N/O)cc1. The second-order valence-corrected chi connectivity index (χ2v) is 4.17. The summed E-state index contributed by atoms with van der Waals surface area (Å²) in [5.74, 6) is 1.29. The van der Waals surface area contributed by atoms with Crippen molar-refractivity contribution < 1.29 is 14.7 Å². The minimum absolute atomic E-state index is 0.378. The van der Waals surface area contributed by atoms with Crippen molar-refractivity contribution in [2.45, 2.75) is 13.5 Å². The fourth-order valence-corrected chi connectivity index (χ4v) is 1.73. The molecule has 1 aromatic carbocycles. The van der Waals surface area contributed by atoms with E-state index in [1.54, 1.807) is 20.2 Å². The molecule has 0 aliphatic rings. The Labute approximate surface area is 117 Å². The maximum atomic E-state index is 8.70. The fraction of sp³-hybridized carbons (Fsp3) is 0.200. The van der Waals surface area contributed by atoms with Crippen LogP contribution >= 0.6 is 0 Å². The van der Waals surface area contributed by atoms with Gasteiger partial charge in [-0.15, -0.1) is 0 Å². The lowest BCUT2D eigenvalue weighted by Crippen LogP contribution is -2.00. The first-order valence-electron chi connectivity index (χ1n) is 6.14. The molecule has 1 N–H and O–H groups in total. The molecule has 0 fully saturated rings. The topological polar surface area (TPSA) is 63.9 Å². The van der Waals surface area contributed by atoms with Gasteiger partial charge in [0.2, 0.25) is 5.88 Å². The maximum absolute atomic E-state index is 8.70. The van der Waals surface area contributed by atoms with E-state index in [0.717, 1.165) is 16.9 Å². The van der Waals surface area contributed by atoms with Crippen molar-refractivity contribution in [1.82, 2.24) is 4.98 Å². The molecule has 0 saturated heterocycles. The highest BCUT2D eigenvalue weighted by molar-refractivity contribution is 5.98. The van der Waals surface area contributed by atoms with Crippen LogP contribution in [0.25, 0.3) is 0 Å². The number of rotatable bonds is 5. The highest BCUT2D eigenvalue weighted by Crippen LogP contribution is 2.18. The van der Waals surface area contributed by atoms with Gasteiger partial charge in [0.25, 0.3) is 0 Å². The van der Waals surface area contributed by atoms with Crippen molar-refractivity contribution in [2.24, 2.45) is 5.16 Å². The molecule has 0 spiro atoms. The molecule has 0 radical (unpaired) electrons. The molecule has 0 unspecified atom stereocenters. The Morgan fingerprint density at radius 3 is 2.65 bits per heavy atom. The van der Waals surface area contributed by atoms with E-state index in [0.29, 0.717) is 18.2 Å². The fourth-order valence-electron chi connectivity index (χ4n) is 1.73. The van der Waals surface area contributed by atoms with Gasteiger partial charge < -0.3 is 14.7 Å². The van der Waals surface area contributed by atoms with Crippen molar-refractivity contribution >= 4 is 5.71 Å². The van der Waals surface area contributed by atoms with Crippen LogP contribution < -0.4 is 9.47 Å². The molecule has 2 rings (SSSR count). The molecule has 0 atom stereocenters. The van der Waals surface area contributed by atoms with E-state index in [1.807, 2.05) is 36.4 Å². The minimum Gasteiger partial charge on any atom is -0.489 e. The molecular weight excluding hydrogens is 256 g/mol. The van der Waals surface area contributed by atoms with Crippen molar-refractivity contribution in [1.29, 1.82) is 0 Å². The summed E-state index contributed by atoms with van der Waals surface area (Å²) in [7, 11) is 1.58. The Morgan fingerprint density at radius 2 is 2.00 bits per heavy atom. The average molecular weight is 272 g/mol. The van der Waals surface area contributed by atoms with Crippen LogP contribution in [0.4, 0.5) is 0 Å². The highest BCUT2D eigenvalue weighted by Gasteiger charge is 2.04. The summed E-state index contributed by atoms with van der Waals surface area (Å²) < 4.78 is 10.8. The zero-order valence-corrected chi connectivity index (χ0v) is 11.4.